The molecule has 0 N–H and O–H groups in total. The van der Waals surface area contributed by atoms with E-state index in [-0.39, 0.29) is 6.04 Å². The number of pyridine rings is 1. The molecule has 0 radical (unpaired) electrons. The molecule has 0 saturated heterocycles. The van der Waals surface area contributed by atoms with Gasteiger partial charge in [-0.2, -0.15) is 0 Å². The molecule has 1 aromatic carbocycles. The molecule has 2 aromatic rings. The predicted octanol–water partition coefficient (Wildman–Crippen LogP) is 2.82. The number of rotatable bonds is 6. The number of likely N-dealkylation sites (N-methyl/N-ethyl adjacent to an activating group) is 2. The number of hydrogen-bond acceptors (Lipinski definition) is 4. The summed E-state index contributed by atoms with van der Waals surface area (Å²) in [6.45, 7) is 5.99. The molecule has 1 unspecified atom stereocenters. The zero-order chi connectivity index (χ0) is 15.4. The molecule has 4 nitrogen and oxygen atoms in total. The second-order valence-electron chi connectivity index (χ2n) is 5.61. The first kappa shape index (κ1) is 15.4. The molecule has 1 aromatic heterocycles. The number of hydrogen-bond donors (Lipinski definition) is 0. The molecule has 4 heteroatoms. The summed E-state index contributed by atoms with van der Waals surface area (Å²) in [6, 6.07) is 10.1. The fourth-order valence-electron chi connectivity index (χ4n) is 2.74. The second kappa shape index (κ2) is 6.68. The van der Waals surface area contributed by atoms with E-state index in [0.717, 1.165) is 36.1 Å². The van der Waals surface area contributed by atoms with E-state index in [1.165, 1.54) is 0 Å². The van der Waals surface area contributed by atoms with Crippen LogP contribution in [0.15, 0.2) is 30.3 Å². The Morgan fingerprint density at radius 2 is 2.00 bits per heavy atom. The third kappa shape index (κ3) is 3.39. The van der Waals surface area contributed by atoms with Gasteiger partial charge in [-0.05, 0) is 40.1 Å². The Kier molecular flexibility index (Phi) is 4.91. The minimum Gasteiger partial charge on any atom is -0.352 e. The largest absolute Gasteiger partial charge is 0.352 e. The highest BCUT2D eigenvalue weighted by atomic mass is 16.1. The lowest BCUT2D eigenvalue weighted by Crippen LogP contribution is -2.41. The van der Waals surface area contributed by atoms with Gasteiger partial charge >= 0.3 is 0 Å². The predicted molar refractivity (Wildman–Crippen MR) is 88.2 cm³/mol. The molecule has 0 amide bonds. The maximum atomic E-state index is 11.5. The lowest BCUT2D eigenvalue weighted by Gasteiger charge is -2.32. The third-order valence-corrected chi connectivity index (χ3v) is 3.63. The highest BCUT2D eigenvalue weighted by Crippen LogP contribution is 2.24. The van der Waals surface area contributed by atoms with E-state index in [1.807, 2.05) is 30.3 Å². The number of carbonyl (C=O) groups excluding carboxylic acids is 1. The molecule has 21 heavy (non-hydrogen) atoms. The smallest absolute Gasteiger partial charge is 0.153 e. The Morgan fingerprint density at radius 3 is 2.62 bits per heavy atom. The topological polar surface area (TPSA) is 36.4 Å². The molecule has 0 fully saturated rings. The molecule has 0 spiro atoms. The zero-order valence-corrected chi connectivity index (χ0v) is 13.2. The minimum absolute atomic E-state index is 0.289. The molecule has 0 saturated carbocycles. The van der Waals surface area contributed by atoms with Crippen molar-refractivity contribution in [2.75, 3.05) is 32.1 Å². The number of fused-ring (bicyclic) bond motifs is 1. The van der Waals surface area contributed by atoms with Crippen molar-refractivity contribution in [3.05, 3.63) is 35.9 Å². The summed E-state index contributed by atoms with van der Waals surface area (Å²) in [5.74, 6) is 0.778. The normalized spacial score (nSPS) is 12.6. The third-order valence-electron chi connectivity index (χ3n) is 3.63. The molecule has 0 aliphatic heterocycles. The van der Waals surface area contributed by atoms with Gasteiger partial charge in [-0.3, -0.25) is 4.79 Å². The van der Waals surface area contributed by atoms with Crippen LogP contribution in [0, 0.1) is 0 Å². The Labute approximate surface area is 126 Å². The van der Waals surface area contributed by atoms with Crippen LogP contribution in [0.3, 0.4) is 0 Å². The van der Waals surface area contributed by atoms with Gasteiger partial charge in [-0.15, -0.1) is 0 Å². The molecular weight excluding hydrogens is 262 g/mol. The van der Waals surface area contributed by atoms with E-state index >= 15 is 0 Å². The summed E-state index contributed by atoms with van der Waals surface area (Å²) in [5.41, 5.74) is 1.58. The Morgan fingerprint density at radius 1 is 1.29 bits per heavy atom. The van der Waals surface area contributed by atoms with Crippen molar-refractivity contribution in [3.8, 4) is 0 Å². The van der Waals surface area contributed by atoms with Gasteiger partial charge in [0, 0.05) is 24.5 Å². The van der Waals surface area contributed by atoms with Crippen molar-refractivity contribution in [2.45, 2.75) is 19.9 Å². The van der Waals surface area contributed by atoms with Crippen molar-refractivity contribution in [1.82, 2.24) is 9.88 Å². The average molecular weight is 285 g/mol. The average Bonchev–Trinajstić information content (AvgIpc) is 2.46. The molecule has 112 valence electrons. The first-order valence-corrected chi connectivity index (χ1v) is 7.33. The van der Waals surface area contributed by atoms with Crippen LogP contribution in [0.25, 0.3) is 10.9 Å². The Balaban J connectivity index is 2.48. The number of aldehydes is 1. The fourth-order valence-corrected chi connectivity index (χ4v) is 2.74. The van der Waals surface area contributed by atoms with E-state index in [9.17, 15) is 4.79 Å². The summed E-state index contributed by atoms with van der Waals surface area (Å²) in [6.07, 6.45) is 0.903. The van der Waals surface area contributed by atoms with Crippen molar-refractivity contribution < 1.29 is 4.79 Å². The SMILES string of the molecule is CCN(c1nc2ccccc2cc1C=O)C(C)CN(C)C. The van der Waals surface area contributed by atoms with Crippen molar-refractivity contribution in [3.63, 3.8) is 0 Å². The van der Waals surface area contributed by atoms with Gasteiger partial charge in [0.05, 0.1) is 11.1 Å². The van der Waals surface area contributed by atoms with Gasteiger partial charge in [-0.1, -0.05) is 18.2 Å². The van der Waals surface area contributed by atoms with E-state index in [2.05, 4.69) is 37.7 Å². The van der Waals surface area contributed by atoms with E-state index in [4.69, 9.17) is 4.98 Å². The first-order chi connectivity index (χ1) is 10.1. The molecule has 1 heterocycles. The quantitative estimate of drug-likeness (QED) is 0.765. The standard InChI is InChI=1S/C17H23N3O/c1-5-20(13(2)11-19(3)4)17-15(12-21)10-14-8-6-7-9-16(14)18-17/h6-10,12-13H,5,11H2,1-4H3. The first-order valence-electron chi connectivity index (χ1n) is 7.33. The van der Waals surface area contributed by atoms with Crippen LogP contribution in [-0.4, -0.2) is 49.4 Å². The summed E-state index contributed by atoms with van der Waals surface area (Å²) >= 11 is 0. The highest BCUT2D eigenvalue weighted by Gasteiger charge is 2.18. The Bertz CT molecular complexity index is 624. The lowest BCUT2D eigenvalue weighted by atomic mass is 10.1. The van der Waals surface area contributed by atoms with E-state index < -0.39 is 0 Å². The van der Waals surface area contributed by atoms with Gasteiger partial charge in [0.15, 0.2) is 6.29 Å². The number of benzene rings is 1. The fraction of sp³-hybridized carbons (Fsp3) is 0.412. The van der Waals surface area contributed by atoms with Gasteiger partial charge in [-0.25, -0.2) is 4.98 Å². The number of aromatic nitrogens is 1. The van der Waals surface area contributed by atoms with Crippen LogP contribution in [0.4, 0.5) is 5.82 Å². The van der Waals surface area contributed by atoms with Crippen LogP contribution in [0.2, 0.25) is 0 Å². The van der Waals surface area contributed by atoms with E-state index in [0.29, 0.717) is 5.56 Å². The number of anilines is 1. The van der Waals surface area contributed by atoms with Crippen LogP contribution in [0.5, 0.6) is 0 Å². The molecule has 1 atom stereocenters. The van der Waals surface area contributed by atoms with Crippen molar-refractivity contribution in [2.24, 2.45) is 0 Å². The minimum atomic E-state index is 0.289. The highest BCUT2D eigenvalue weighted by molar-refractivity contribution is 5.91. The van der Waals surface area contributed by atoms with Crippen molar-refractivity contribution in [1.29, 1.82) is 0 Å². The van der Waals surface area contributed by atoms with Crippen LogP contribution in [-0.2, 0) is 0 Å². The number of nitrogens with zero attached hydrogens (tertiary/aromatic N) is 3. The number of para-hydroxylation sites is 1. The molecule has 2 rings (SSSR count). The van der Waals surface area contributed by atoms with Crippen LogP contribution < -0.4 is 4.90 Å². The summed E-state index contributed by atoms with van der Waals surface area (Å²) in [5, 5.41) is 1.000. The van der Waals surface area contributed by atoms with Gasteiger partial charge in [0.2, 0.25) is 0 Å². The molecule has 0 aliphatic rings. The summed E-state index contributed by atoms with van der Waals surface area (Å²) in [4.78, 5) is 20.5. The number of carbonyl (C=O) groups is 1. The zero-order valence-electron chi connectivity index (χ0n) is 13.2. The summed E-state index contributed by atoms with van der Waals surface area (Å²) in [7, 11) is 4.11. The summed E-state index contributed by atoms with van der Waals surface area (Å²) < 4.78 is 0. The second-order valence-corrected chi connectivity index (χ2v) is 5.61. The maximum Gasteiger partial charge on any atom is 0.153 e. The van der Waals surface area contributed by atoms with Gasteiger partial charge in [0.1, 0.15) is 5.82 Å². The molecule has 0 bridgehead atoms. The van der Waals surface area contributed by atoms with E-state index in [1.54, 1.807) is 0 Å². The molecule has 0 aliphatic carbocycles. The van der Waals surface area contributed by atoms with Gasteiger partial charge in [0.25, 0.3) is 0 Å². The van der Waals surface area contributed by atoms with Crippen LogP contribution >= 0.6 is 0 Å². The molecular formula is C17H23N3O. The van der Waals surface area contributed by atoms with Crippen molar-refractivity contribution >= 4 is 23.0 Å². The lowest BCUT2D eigenvalue weighted by molar-refractivity contribution is 0.112. The maximum absolute atomic E-state index is 11.5. The Hall–Kier alpha value is -1.94. The van der Waals surface area contributed by atoms with Gasteiger partial charge < -0.3 is 9.80 Å². The monoisotopic (exact) mass is 285 g/mol. The van der Waals surface area contributed by atoms with Crippen LogP contribution in [0.1, 0.15) is 24.2 Å².